The Morgan fingerprint density at radius 3 is 2.43 bits per heavy atom. The second-order valence-corrected chi connectivity index (χ2v) is 11.3. The number of likely N-dealkylation sites (N-methyl/N-ethyl adjacent to an activating group) is 1. The summed E-state index contributed by atoms with van der Waals surface area (Å²) in [4.78, 5) is 76.6. The van der Waals surface area contributed by atoms with Crippen LogP contribution in [0, 0.1) is 0 Å². The number of carboxylic acids is 1. The number of carboxylic acid groups (broad SMARTS) is 1. The molecule has 13 nitrogen and oxygen atoms in total. The molecule has 0 aromatic heterocycles. The SMILES string of the molecule is CCCCCCCC(=O)NCCC(=O)NCC(=O)N(C)C1C(=O)NCC(=O)N[C@H](C(=O)O)Cc2cccc(c2)-c2cc1ccc2O. The number of aliphatic carboxylic acids is 1. The van der Waals surface area contributed by atoms with E-state index in [2.05, 4.69) is 28.2 Å². The minimum Gasteiger partial charge on any atom is -0.507 e. The van der Waals surface area contributed by atoms with Crippen molar-refractivity contribution in [1.82, 2.24) is 26.2 Å². The summed E-state index contributed by atoms with van der Waals surface area (Å²) < 4.78 is 0. The van der Waals surface area contributed by atoms with Crippen LogP contribution in [0.15, 0.2) is 42.5 Å². The fourth-order valence-corrected chi connectivity index (χ4v) is 5.14. The van der Waals surface area contributed by atoms with Gasteiger partial charge in [-0.25, -0.2) is 4.79 Å². The van der Waals surface area contributed by atoms with Gasteiger partial charge in [-0.15, -0.1) is 0 Å². The number of benzene rings is 2. The Labute approximate surface area is 268 Å². The molecule has 1 heterocycles. The van der Waals surface area contributed by atoms with Crippen molar-refractivity contribution >= 4 is 35.5 Å². The van der Waals surface area contributed by atoms with Crippen LogP contribution in [-0.2, 0) is 35.2 Å². The average molecular weight is 638 g/mol. The lowest BCUT2D eigenvalue weighted by atomic mass is 9.95. The van der Waals surface area contributed by atoms with E-state index in [1.807, 2.05) is 0 Å². The maximum Gasteiger partial charge on any atom is 0.326 e. The minimum atomic E-state index is -1.27. The summed E-state index contributed by atoms with van der Waals surface area (Å²) in [5.41, 5.74) is 1.81. The molecule has 0 saturated carbocycles. The Morgan fingerprint density at radius 1 is 0.957 bits per heavy atom. The smallest absolute Gasteiger partial charge is 0.326 e. The van der Waals surface area contributed by atoms with Crippen molar-refractivity contribution in [2.45, 2.75) is 70.4 Å². The Hall–Kier alpha value is -4.94. The first kappa shape index (κ1) is 35.5. The zero-order valence-electron chi connectivity index (χ0n) is 26.3. The van der Waals surface area contributed by atoms with E-state index in [-0.39, 0.29) is 31.0 Å². The van der Waals surface area contributed by atoms with Gasteiger partial charge in [-0.3, -0.25) is 24.0 Å². The zero-order chi connectivity index (χ0) is 33.6. The third-order valence-corrected chi connectivity index (χ3v) is 7.72. The lowest BCUT2D eigenvalue weighted by molar-refractivity contribution is -0.142. The monoisotopic (exact) mass is 637 g/mol. The summed E-state index contributed by atoms with van der Waals surface area (Å²) in [7, 11) is 1.37. The first-order valence-corrected chi connectivity index (χ1v) is 15.5. The van der Waals surface area contributed by atoms with Gasteiger partial charge in [0.05, 0.1) is 13.1 Å². The number of carbonyl (C=O) groups excluding carboxylic acids is 5. The van der Waals surface area contributed by atoms with Gasteiger partial charge >= 0.3 is 5.97 Å². The van der Waals surface area contributed by atoms with Gasteiger partial charge in [-0.1, -0.05) is 62.9 Å². The van der Waals surface area contributed by atoms with Crippen LogP contribution in [0.25, 0.3) is 11.1 Å². The van der Waals surface area contributed by atoms with Crippen LogP contribution < -0.4 is 21.3 Å². The maximum atomic E-state index is 13.4. The quantitative estimate of drug-likeness (QED) is 0.179. The molecule has 1 aliphatic heterocycles. The van der Waals surface area contributed by atoms with Crippen LogP contribution >= 0.6 is 0 Å². The highest BCUT2D eigenvalue weighted by Crippen LogP contribution is 2.34. The van der Waals surface area contributed by atoms with Crippen LogP contribution in [0.4, 0.5) is 0 Å². The summed E-state index contributed by atoms with van der Waals surface area (Å²) >= 11 is 0. The van der Waals surface area contributed by atoms with Crippen LogP contribution in [0.1, 0.15) is 69.0 Å². The molecule has 13 heteroatoms. The van der Waals surface area contributed by atoms with Crippen molar-refractivity contribution < 1.29 is 39.0 Å². The van der Waals surface area contributed by atoms with E-state index < -0.39 is 54.8 Å². The predicted octanol–water partition coefficient (Wildman–Crippen LogP) is 1.78. The summed E-state index contributed by atoms with van der Waals surface area (Å²) in [6.07, 6.45) is 5.44. The van der Waals surface area contributed by atoms with E-state index in [1.165, 1.54) is 19.2 Å². The Kier molecular flexibility index (Phi) is 13.5. The first-order valence-electron chi connectivity index (χ1n) is 15.5. The minimum absolute atomic E-state index is 0.0274. The van der Waals surface area contributed by atoms with Crippen LogP contribution in [0.2, 0.25) is 0 Å². The number of unbranched alkanes of at least 4 members (excludes halogenated alkanes) is 4. The van der Waals surface area contributed by atoms with Crippen LogP contribution in [0.5, 0.6) is 5.75 Å². The van der Waals surface area contributed by atoms with Gasteiger partial charge in [0.2, 0.25) is 29.5 Å². The van der Waals surface area contributed by atoms with E-state index in [4.69, 9.17) is 0 Å². The molecule has 4 bridgehead atoms. The van der Waals surface area contributed by atoms with Gasteiger partial charge in [0.1, 0.15) is 17.8 Å². The lowest BCUT2D eigenvalue weighted by Gasteiger charge is -2.28. The first-order chi connectivity index (χ1) is 22.0. The van der Waals surface area contributed by atoms with Crippen molar-refractivity contribution in [1.29, 1.82) is 0 Å². The number of hydrogen-bond acceptors (Lipinski definition) is 7. The van der Waals surface area contributed by atoms with Gasteiger partial charge in [0.15, 0.2) is 0 Å². The molecular formula is C33H43N5O8. The fraction of sp³-hybridized carbons (Fsp3) is 0.455. The predicted molar refractivity (Wildman–Crippen MR) is 169 cm³/mol. The highest BCUT2D eigenvalue weighted by Gasteiger charge is 2.31. The summed E-state index contributed by atoms with van der Waals surface area (Å²) in [5, 5.41) is 30.4. The topological polar surface area (TPSA) is 194 Å². The molecule has 46 heavy (non-hydrogen) atoms. The summed E-state index contributed by atoms with van der Waals surface area (Å²) in [6, 6.07) is 8.65. The maximum absolute atomic E-state index is 13.4. The highest BCUT2D eigenvalue weighted by molar-refractivity contribution is 5.94. The summed E-state index contributed by atoms with van der Waals surface area (Å²) in [6.45, 7) is 1.26. The number of rotatable bonds is 13. The van der Waals surface area contributed by atoms with E-state index in [0.717, 1.165) is 37.0 Å². The van der Waals surface area contributed by atoms with Crippen molar-refractivity contribution in [3.63, 3.8) is 0 Å². The molecule has 0 saturated heterocycles. The van der Waals surface area contributed by atoms with Crippen molar-refractivity contribution in [2.75, 3.05) is 26.7 Å². The third-order valence-electron chi connectivity index (χ3n) is 7.72. The van der Waals surface area contributed by atoms with E-state index in [9.17, 15) is 39.0 Å². The Morgan fingerprint density at radius 2 is 1.70 bits per heavy atom. The second kappa shape index (κ2) is 17.5. The molecule has 3 rings (SSSR count). The second-order valence-electron chi connectivity index (χ2n) is 11.3. The summed E-state index contributed by atoms with van der Waals surface area (Å²) in [5.74, 6) is -4.03. The number of nitrogens with zero attached hydrogens (tertiary/aromatic N) is 1. The standard InChI is InChI=1S/C33H43N5O8/c1-3-4-5-6-7-11-27(40)34-15-14-28(41)35-20-30(43)38(2)31-23-12-13-26(39)24(18-23)22-10-8-9-21(16-22)17-25(33(45)46)37-29(42)19-36-32(31)44/h8-10,12-13,16,18,25,31,39H,3-7,11,14-15,17,19-20H2,1-2H3,(H,34,40)(H,35,41)(H,36,44)(H,37,42)(H,45,46)/t25-,31?/m0/s1. The number of fused-ring (bicyclic) bond motifs is 5. The largest absolute Gasteiger partial charge is 0.507 e. The lowest BCUT2D eigenvalue weighted by Crippen LogP contribution is -2.49. The zero-order valence-corrected chi connectivity index (χ0v) is 26.3. The molecule has 0 aliphatic carbocycles. The number of phenolic OH excluding ortho intramolecular Hbond substituents is 1. The van der Waals surface area contributed by atoms with Gasteiger partial charge in [-0.2, -0.15) is 0 Å². The highest BCUT2D eigenvalue weighted by atomic mass is 16.4. The third kappa shape index (κ3) is 10.6. The molecule has 0 radical (unpaired) electrons. The van der Waals surface area contributed by atoms with Gasteiger partial charge in [-0.05, 0) is 35.2 Å². The van der Waals surface area contributed by atoms with Crippen LogP contribution in [0.3, 0.4) is 0 Å². The molecule has 2 atom stereocenters. The molecule has 6 N–H and O–H groups in total. The molecule has 1 aliphatic rings. The molecular weight excluding hydrogens is 594 g/mol. The molecule has 5 amide bonds. The number of nitrogens with one attached hydrogen (secondary N) is 4. The molecule has 2 aromatic rings. The van der Waals surface area contributed by atoms with Crippen molar-refractivity contribution in [2.24, 2.45) is 0 Å². The van der Waals surface area contributed by atoms with E-state index in [1.54, 1.807) is 30.3 Å². The Balaban J connectivity index is 1.71. The number of phenols is 1. The Bertz CT molecular complexity index is 1430. The molecule has 248 valence electrons. The van der Waals surface area contributed by atoms with Crippen LogP contribution in [-0.4, -0.2) is 83.3 Å². The number of hydrogen-bond donors (Lipinski definition) is 6. The molecule has 0 fully saturated rings. The van der Waals surface area contributed by atoms with E-state index >= 15 is 0 Å². The average Bonchev–Trinajstić information content (AvgIpc) is 3.02. The number of aromatic hydroxyl groups is 1. The molecule has 1 unspecified atom stereocenters. The van der Waals surface area contributed by atoms with Crippen molar-refractivity contribution in [3.05, 3.63) is 53.6 Å². The number of carbonyl (C=O) groups is 6. The molecule has 2 aromatic carbocycles. The molecule has 0 spiro atoms. The van der Waals surface area contributed by atoms with Crippen molar-refractivity contribution in [3.8, 4) is 16.9 Å². The van der Waals surface area contributed by atoms with Gasteiger partial charge in [0.25, 0.3) is 0 Å². The van der Waals surface area contributed by atoms with E-state index in [0.29, 0.717) is 28.7 Å². The fourth-order valence-electron chi connectivity index (χ4n) is 5.14. The van der Waals surface area contributed by atoms with Gasteiger partial charge < -0.3 is 36.4 Å². The normalized spacial score (nSPS) is 16.3. The van der Waals surface area contributed by atoms with Gasteiger partial charge in [0, 0.05) is 38.4 Å². The number of amides is 5.